The zero-order valence-corrected chi connectivity index (χ0v) is 11.5. The lowest BCUT2D eigenvalue weighted by Crippen LogP contribution is -2.20. The number of halogens is 2. The van der Waals surface area contributed by atoms with Crippen molar-refractivity contribution < 1.29 is 4.39 Å². The zero-order valence-electron chi connectivity index (χ0n) is 9.89. The lowest BCUT2D eigenvalue weighted by atomic mass is 10.0. The lowest BCUT2D eigenvalue weighted by molar-refractivity contribution is 0.488. The third kappa shape index (κ3) is 5.08. The van der Waals surface area contributed by atoms with Crippen LogP contribution in [-0.2, 0) is 6.42 Å². The highest BCUT2D eigenvalue weighted by atomic mass is 79.9. The van der Waals surface area contributed by atoms with Crippen LogP contribution in [0.25, 0.3) is 0 Å². The molecular formula is C13H19BrFN. The van der Waals surface area contributed by atoms with Gasteiger partial charge in [0.2, 0.25) is 0 Å². The van der Waals surface area contributed by atoms with Crippen molar-refractivity contribution in [1.82, 2.24) is 5.32 Å². The van der Waals surface area contributed by atoms with E-state index in [0.717, 1.165) is 36.0 Å². The van der Waals surface area contributed by atoms with Gasteiger partial charge in [0.1, 0.15) is 5.82 Å². The second kappa shape index (κ2) is 7.02. The molecule has 0 aliphatic rings. The van der Waals surface area contributed by atoms with Crippen LogP contribution in [0.5, 0.6) is 0 Å². The summed E-state index contributed by atoms with van der Waals surface area (Å²) in [6.07, 6.45) is 2.02. The van der Waals surface area contributed by atoms with Crippen LogP contribution < -0.4 is 5.32 Å². The Morgan fingerprint density at radius 3 is 2.75 bits per heavy atom. The second-order valence-corrected chi connectivity index (χ2v) is 5.14. The Balaban J connectivity index is 2.41. The molecule has 0 amide bonds. The molecule has 0 aromatic heterocycles. The molecule has 0 heterocycles. The van der Waals surface area contributed by atoms with Crippen molar-refractivity contribution in [2.24, 2.45) is 5.92 Å². The van der Waals surface area contributed by atoms with Crippen LogP contribution in [0.4, 0.5) is 4.39 Å². The van der Waals surface area contributed by atoms with Crippen LogP contribution in [0, 0.1) is 11.7 Å². The van der Waals surface area contributed by atoms with E-state index < -0.39 is 0 Å². The fraction of sp³-hybridized carbons (Fsp3) is 0.538. The minimum atomic E-state index is -0.163. The molecule has 0 radical (unpaired) electrons. The van der Waals surface area contributed by atoms with Gasteiger partial charge >= 0.3 is 0 Å². The standard InChI is InChI=1S/C13H19BrFN/c1-3-16-9-10(2)4-5-11-6-12(14)8-13(15)7-11/h6-8,10,16H,3-5,9H2,1-2H3. The molecule has 0 bridgehead atoms. The topological polar surface area (TPSA) is 12.0 Å². The van der Waals surface area contributed by atoms with Gasteiger partial charge in [0.15, 0.2) is 0 Å². The van der Waals surface area contributed by atoms with E-state index >= 15 is 0 Å². The van der Waals surface area contributed by atoms with Crippen LogP contribution in [0.2, 0.25) is 0 Å². The Morgan fingerprint density at radius 2 is 2.12 bits per heavy atom. The number of hydrogen-bond acceptors (Lipinski definition) is 1. The van der Waals surface area contributed by atoms with Gasteiger partial charge in [-0.05, 0) is 55.6 Å². The molecule has 0 fully saturated rings. The molecular weight excluding hydrogens is 269 g/mol. The first-order chi connectivity index (χ1) is 7.61. The summed E-state index contributed by atoms with van der Waals surface area (Å²) in [7, 11) is 0. The van der Waals surface area contributed by atoms with Crippen molar-refractivity contribution in [1.29, 1.82) is 0 Å². The Hall–Kier alpha value is -0.410. The number of benzene rings is 1. The van der Waals surface area contributed by atoms with Crippen molar-refractivity contribution in [2.75, 3.05) is 13.1 Å². The SMILES string of the molecule is CCNCC(C)CCc1cc(F)cc(Br)c1. The van der Waals surface area contributed by atoms with Crippen molar-refractivity contribution >= 4 is 15.9 Å². The van der Waals surface area contributed by atoms with Gasteiger partial charge in [-0.25, -0.2) is 4.39 Å². The molecule has 16 heavy (non-hydrogen) atoms. The molecule has 1 N–H and O–H groups in total. The van der Waals surface area contributed by atoms with Crippen LogP contribution >= 0.6 is 15.9 Å². The molecule has 1 unspecified atom stereocenters. The average molecular weight is 288 g/mol. The summed E-state index contributed by atoms with van der Waals surface area (Å²) in [5.41, 5.74) is 1.07. The van der Waals surface area contributed by atoms with Gasteiger partial charge in [-0.3, -0.25) is 0 Å². The van der Waals surface area contributed by atoms with E-state index in [2.05, 4.69) is 35.1 Å². The molecule has 1 nitrogen and oxygen atoms in total. The fourth-order valence-corrected chi connectivity index (χ4v) is 2.17. The van der Waals surface area contributed by atoms with Gasteiger partial charge < -0.3 is 5.32 Å². The van der Waals surface area contributed by atoms with E-state index in [4.69, 9.17) is 0 Å². The maximum atomic E-state index is 13.1. The summed E-state index contributed by atoms with van der Waals surface area (Å²) in [5.74, 6) is 0.464. The van der Waals surface area contributed by atoms with Crippen molar-refractivity contribution in [2.45, 2.75) is 26.7 Å². The summed E-state index contributed by atoms with van der Waals surface area (Å²) >= 11 is 3.31. The molecule has 0 saturated carbocycles. The molecule has 90 valence electrons. The van der Waals surface area contributed by atoms with E-state index in [-0.39, 0.29) is 5.82 Å². The Labute approximate surface area is 106 Å². The minimum Gasteiger partial charge on any atom is -0.317 e. The molecule has 0 spiro atoms. The molecule has 1 rings (SSSR count). The summed E-state index contributed by atoms with van der Waals surface area (Å²) in [5, 5.41) is 3.32. The van der Waals surface area contributed by atoms with E-state index in [1.54, 1.807) is 6.07 Å². The lowest BCUT2D eigenvalue weighted by Gasteiger charge is -2.11. The third-order valence-electron chi connectivity index (χ3n) is 2.59. The largest absolute Gasteiger partial charge is 0.317 e. The Kier molecular flexibility index (Phi) is 5.99. The second-order valence-electron chi connectivity index (χ2n) is 4.23. The Bertz CT molecular complexity index is 307. The quantitative estimate of drug-likeness (QED) is 0.840. The van der Waals surface area contributed by atoms with Crippen LogP contribution in [0.1, 0.15) is 25.8 Å². The average Bonchev–Trinajstić information content (AvgIpc) is 2.22. The van der Waals surface area contributed by atoms with E-state index in [9.17, 15) is 4.39 Å². The molecule has 1 aromatic rings. The molecule has 3 heteroatoms. The van der Waals surface area contributed by atoms with Gasteiger partial charge in [-0.1, -0.05) is 29.8 Å². The molecule has 1 aromatic carbocycles. The highest BCUT2D eigenvalue weighted by molar-refractivity contribution is 9.10. The highest BCUT2D eigenvalue weighted by Gasteiger charge is 2.04. The van der Waals surface area contributed by atoms with Gasteiger partial charge in [0, 0.05) is 4.47 Å². The first-order valence-electron chi connectivity index (χ1n) is 5.77. The highest BCUT2D eigenvalue weighted by Crippen LogP contribution is 2.17. The summed E-state index contributed by atoms with van der Waals surface area (Å²) in [6, 6.07) is 5.10. The van der Waals surface area contributed by atoms with Gasteiger partial charge in [-0.15, -0.1) is 0 Å². The van der Waals surface area contributed by atoms with E-state index in [0.29, 0.717) is 5.92 Å². The fourth-order valence-electron chi connectivity index (χ4n) is 1.66. The first kappa shape index (κ1) is 13.7. The molecule has 0 saturated heterocycles. The smallest absolute Gasteiger partial charge is 0.124 e. The zero-order chi connectivity index (χ0) is 12.0. The van der Waals surface area contributed by atoms with Gasteiger partial charge in [-0.2, -0.15) is 0 Å². The monoisotopic (exact) mass is 287 g/mol. The predicted octanol–water partition coefficient (Wildman–Crippen LogP) is 3.77. The van der Waals surface area contributed by atoms with Crippen molar-refractivity contribution in [3.8, 4) is 0 Å². The van der Waals surface area contributed by atoms with Crippen LogP contribution in [0.15, 0.2) is 22.7 Å². The first-order valence-corrected chi connectivity index (χ1v) is 6.56. The number of nitrogens with one attached hydrogen (secondary N) is 1. The third-order valence-corrected chi connectivity index (χ3v) is 3.05. The minimum absolute atomic E-state index is 0.163. The van der Waals surface area contributed by atoms with Crippen molar-refractivity contribution in [3.63, 3.8) is 0 Å². The van der Waals surface area contributed by atoms with Crippen LogP contribution in [0.3, 0.4) is 0 Å². The number of rotatable bonds is 6. The maximum Gasteiger partial charge on any atom is 0.124 e. The predicted molar refractivity (Wildman–Crippen MR) is 70.1 cm³/mol. The van der Waals surface area contributed by atoms with Crippen molar-refractivity contribution in [3.05, 3.63) is 34.1 Å². The van der Waals surface area contributed by atoms with E-state index in [1.807, 2.05) is 6.07 Å². The van der Waals surface area contributed by atoms with E-state index in [1.165, 1.54) is 6.07 Å². The maximum absolute atomic E-state index is 13.1. The van der Waals surface area contributed by atoms with Gasteiger partial charge in [0.05, 0.1) is 0 Å². The molecule has 0 aliphatic carbocycles. The normalized spacial score (nSPS) is 12.8. The Morgan fingerprint density at radius 1 is 1.38 bits per heavy atom. The number of aryl methyl sites for hydroxylation is 1. The summed E-state index contributed by atoms with van der Waals surface area (Å²) < 4.78 is 13.9. The molecule has 0 aliphatic heterocycles. The number of hydrogen-bond donors (Lipinski definition) is 1. The summed E-state index contributed by atoms with van der Waals surface area (Å²) in [6.45, 7) is 6.37. The summed E-state index contributed by atoms with van der Waals surface area (Å²) in [4.78, 5) is 0. The van der Waals surface area contributed by atoms with Crippen LogP contribution in [-0.4, -0.2) is 13.1 Å². The van der Waals surface area contributed by atoms with Gasteiger partial charge in [0.25, 0.3) is 0 Å². The molecule has 1 atom stereocenters.